The van der Waals surface area contributed by atoms with Crippen molar-refractivity contribution in [1.82, 2.24) is 4.98 Å². The van der Waals surface area contributed by atoms with Crippen LogP contribution in [-0.2, 0) is 6.61 Å². The largest absolute Gasteiger partial charge is 0.477 e. The zero-order valence-electron chi connectivity index (χ0n) is 9.56. The van der Waals surface area contributed by atoms with Crippen LogP contribution in [0, 0.1) is 5.92 Å². The first-order chi connectivity index (χ1) is 7.88. The van der Waals surface area contributed by atoms with Gasteiger partial charge in [-0.25, -0.2) is 4.98 Å². The molecule has 2 rings (SSSR count). The van der Waals surface area contributed by atoms with E-state index in [1.807, 2.05) is 12.1 Å². The molecule has 1 aromatic rings. The number of aliphatic hydroxyl groups excluding tert-OH is 1. The van der Waals surface area contributed by atoms with Crippen molar-refractivity contribution in [3.63, 3.8) is 0 Å². The van der Waals surface area contributed by atoms with Gasteiger partial charge < -0.3 is 9.84 Å². The van der Waals surface area contributed by atoms with E-state index in [0.29, 0.717) is 17.5 Å². The van der Waals surface area contributed by atoms with Gasteiger partial charge >= 0.3 is 0 Å². The summed E-state index contributed by atoms with van der Waals surface area (Å²) in [5.41, 5.74) is 0.668. The molecule has 1 aliphatic carbocycles. The van der Waals surface area contributed by atoms with Crippen molar-refractivity contribution in [3.8, 4) is 5.88 Å². The second-order valence-electron chi connectivity index (χ2n) is 4.44. The van der Waals surface area contributed by atoms with Crippen molar-refractivity contribution >= 4 is 0 Å². The van der Waals surface area contributed by atoms with E-state index in [2.05, 4.69) is 4.98 Å². The second-order valence-corrected chi connectivity index (χ2v) is 4.44. The lowest BCUT2D eigenvalue weighted by Gasteiger charge is -2.21. The van der Waals surface area contributed by atoms with Crippen LogP contribution < -0.4 is 4.74 Å². The Morgan fingerprint density at radius 1 is 1.25 bits per heavy atom. The molecule has 0 bridgehead atoms. The first-order valence-corrected chi connectivity index (χ1v) is 6.08. The molecular weight excluding hydrogens is 202 g/mol. The van der Waals surface area contributed by atoms with Crippen LogP contribution in [0.15, 0.2) is 18.2 Å². The number of aromatic nitrogens is 1. The van der Waals surface area contributed by atoms with Gasteiger partial charge in [0.15, 0.2) is 0 Å². The molecule has 1 N–H and O–H groups in total. The van der Waals surface area contributed by atoms with Crippen LogP contribution in [0.3, 0.4) is 0 Å². The molecule has 0 radical (unpaired) electrons. The van der Waals surface area contributed by atoms with Crippen molar-refractivity contribution in [3.05, 3.63) is 23.9 Å². The molecule has 0 aromatic carbocycles. The molecular formula is C13H19NO2. The predicted molar refractivity (Wildman–Crippen MR) is 62.2 cm³/mol. The summed E-state index contributed by atoms with van der Waals surface area (Å²) in [6.45, 7) is 0.739. The lowest BCUT2D eigenvalue weighted by Crippen LogP contribution is -2.15. The number of hydrogen-bond acceptors (Lipinski definition) is 3. The van der Waals surface area contributed by atoms with Gasteiger partial charge in [-0.1, -0.05) is 25.3 Å². The lowest BCUT2D eigenvalue weighted by atomic mass is 9.90. The predicted octanol–water partition coefficient (Wildman–Crippen LogP) is 2.53. The average molecular weight is 221 g/mol. The summed E-state index contributed by atoms with van der Waals surface area (Å²) in [7, 11) is 0. The van der Waals surface area contributed by atoms with Crippen molar-refractivity contribution in [2.75, 3.05) is 6.61 Å². The fourth-order valence-corrected chi connectivity index (χ4v) is 2.18. The van der Waals surface area contributed by atoms with Gasteiger partial charge in [0.1, 0.15) is 0 Å². The molecule has 0 unspecified atom stereocenters. The second kappa shape index (κ2) is 5.85. The van der Waals surface area contributed by atoms with E-state index >= 15 is 0 Å². The van der Waals surface area contributed by atoms with Gasteiger partial charge in [-0.05, 0) is 24.8 Å². The Kier molecular flexibility index (Phi) is 4.17. The minimum absolute atomic E-state index is 0.0272. The van der Waals surface area contributed by atoms with Gasteiger partial charge in [0.25, 0.3) is 0 Å². The normalized spacial score (nSPS) is 17.3. The van der Waals surface area contributed by atoms with E-state index in [-0.39, 0.29) is 6.61 Å². The van der Waals surface area contributed by atoms with Gasteiger partial charge in [-0.3, -0.25) is 0 Å². The maximum absolute atomic E-state index is 8.96. The Morgan fingerprint density at radius 3 is 2.81 bits per heavy atom. The summed E-state index contributed by atoms with van der Waals surface area (Å²) in [6, 6.07) is 5.52. The Labute approximate surface area is 96.5 Å². The third-order valence-corrected chi connectivity index (χ3v) is 3.13. The fourth-order valence-electron chi connectivity index (χ4n) is 2.18. The molecule has 1 heterocycles. The van der Waals surface area contributed by atoms with Crippen molar-refractivity contribution in [2.45, 2.75) is 38.7 Å². The monoisotopic (exact) mass is 221 g/mol. The summed E-state index contributed by atoms with van der Waals surface area (Å²) in [5, 5.41) is 8.96. The first-order valence-electron chi connectivity index (χ1n) is 6.08. The van der Waals surface area contributed by atoms with Crippen LogP contribution in [-0.4, -0.2) is 16.7 Å². The van der Waals surface area contributed by atoms with Crippen molar-refractivity contribution in [2.24, 2.45) is 5.92 Å². The van der Waals surface area contributed by atoms with E-state index in [0.717, 1.165) is 6.61 Å². The van der Waals surface area contributed by atoms with Gasteiger partial charge in [0.05, 0.1) is 18.9 Å². The molecule has 1 aromatic heterocycles. The maximum Gasteiger partial charge on any atom is 0.213 e. The molecule has 3 nitrogen and oxygen atoms in total. The highest BCUT2D eigenvalue weighted by Gasteiger charge is 2.14. The summed E-state index contributed by atoms with van der Waals surface area (Å²) >= 11 is 0. The smallest absolute Gasteiger partial charge is 0.213 e. The first kappa shape index (κ1) is 11.4. The average Bonchev–Trinajstić information content (AvgIpc) is 2.38. The number of nitrogens with zero attached hydrogens (tertiary/aromatic N) is 1. The fraction of sp³-hybridized carbons (Fsp3) is 0.615. The summed E-state index contributed by atoms with van der Waals surface area (Å²) < 4.78 is 5.67. The van der Waals surface area contributed by atoms with Crippen LogP contribution in [0.2, 0.25) is 0 Å². The number of ether oxygens (including phenoxy) is 1. The number of hydrogen-bond donors (Lipinski definition) is 1. The molecule has 3 heteroatoms. The standard InChI is InChI=1S/C13H19NO2/c15-9-12-7-4-8-13(14-12)16-10-11-5-2-1-3-6-11/h4,7-8,11,15H,1-3,5-6,9-10H2. The van der Waals surface area contributed by atoms with Gasteiger partial charge in [0, 0.05) is 6.07 Å². The van der Waals surface area contributed by atoms with Crippen LogP contribution in [0.1, 0.15) is 37.8 Å². The van der Waals surface area contributed by atoms with Crippen molar-refractivity contribution in [1.29, 1.82) is 0 Å². The van der Waals surface area contributed by atoms with Crippen LogP contribution in [0.4, 0.5) is 0 Å². The van der Waals surface area contributed by atoms with Gasteiger partial charge in [0.2, 0.25) is 5.88 Å². The van der Waals surface area contributed by atoms with Crippen LogP contribution in [0.25, 0.3) is 0 Å². The van der Waals surface area contributed by atoms with E-state index in [9.17, 15) is 0 Å². The SMILES string of the molecule is OCc1cccc(OCC2CCCCC2)n1. The minimum atomic E-state index is -0.0272. The minimum Gasteiger partial charge on any atom is -0.477 e. The molecule has 0 atom stereocenters. The molecule has 0 spiro atoms. The molecule has 1 fully saturated rings. The Bertz CT molecular complexity index is 321. The molecule has 16 heavy (non-hydrogen) atoms. The molecule has 1 saturated carbocycles. The van der Waals surface area contributed by atoms with Gasteiger partial charge in [-0.2, -0.15) is 0 Å². The summed E-state index contributed by atoms with van der Waals surface area (Å²) in [6.07, 6.45) is 6.59. The highest BCUT2D eigenvalue weighted by molar-refractivity contribution is 5.15. The highest BCUT2D eigenvalue weighted by atomic mass is 16.5. The number of pyridine rings is 1. The van der Waals surface area contributed by atoms with E-state index in [1.54, 1.807) is 6.07 Å². The topological polar surface area (TPSA) is 42.4 Å². The molecule has 0 saturated heterocycles. The van der Waals surface area contributed by atoms with E-state index in [4.69, 9.17) is 9.84 Å². The number of rotatable bonds is 4. The lowest BCUT2D eigenvalue weighted by molar-refractivity contribution is 0.201. The Morgan fingerprint density at radius 2 is 2.06 bits per heavy atom. The molecule has 0 aliphatic heterocycles. The summed E-state index contributed by atoms with van der Waals surface area (Å²) in [4.78, 5) is 4.20. The summed E-state index contributed by atoms with van der Waals surface area (Å²) in [5.74, 6) is 1.32. The third kappa shape index (κ3) is 3.20. The van der Waals surface area contributed by atoms with Crippen LogP contribution in [0.5, 0.6) is 5.88 Å². The zero-order valence-corrected chi connectivity index (χ0v) is 9.56. The maximum atomic E-state index is 8.96. The molecule has 88 valence electrons. The number of aliphatic hydroxyl groups is 1. The zero-order chi connectivity index (χ0) is 11.2. The van der Waals surface area contributed by atoms with Crippen LogP contribution >= 0.6 is 0 Å². The van der Waals surface area contributed by atoms with E-state index < -0.39 is 0 Å². The highest BCUT2D eigenvalue weighted by Crippen LogP contribution is 2.24. The molecule has 0 amide bonds. The Hall–Kier alpha value is -1.09. The Balaban J connectivity index is 1.83. The van der Waals surface area contributed by atoms with E-state index in [1.165, 1.54) is 32.1 Å². The van der Waals surface area contributed by atoms with Gasteiger partial charge in [-0.15, -0.1) is 0 Å². The third-order valence-electron chi connectivity index (χ3n) is 3.13. The molecule has 1 aliphatic rings. The van der Waals surface area contributed by atoms with Crippen molar-refractivity contribution < 1.29 is 9.84 Å². The quantitative estimate of drug-likeness (QED) is 0.849.